The molecule has 0 radical (unpaired) electrons. The van der Waals surface area contributed by atoms with E-state index >= 15 is 0 Å². The predicted octanol–water partition coefficient (Wildman–Crippen LogP) is 2.96. The van der Waals surface area contributed by atoms with Crippen LogP contribution in [-0.2, 0) is 14.8 Å². The number of sulfonamides is 1. The Labute approximate surface area is 207 Å². The molecule has 2 aromatic rings. The van der Waals surface area contributed by atoms with E-state index in [4.69, 9.17) is 4.74 Å². The summed E-state index contributed by atoms with van der Waals surface area (Å²) in [7, 11) is -4.01. The summed E-state index contributed by atoms with van der Waals surface area (Å²) in [6.45, 7) is 2.92. The maximum atomic E-state index is 13.3. The number of hydrazone groups is 1. The number of rotatable bonds is 8. The standard InChI is InChI=1S/C22H26N6O7S/c29-27(30)18-5-7-21(25-10-12-35-13-11-25)17(14-18)16-23-24-20-6-4-19(28(31)32)15-22(20)36(33,34)26-8-2-1-3-9-26/h4-7,14-16,24H,1-3,8-13H2/b23-16-. The van der Waals surface area contributed by atoms with Crippen molar-refractivity contribution in [3.63, 3.8) is 0 Å². The van der Waals surface area contributed by atoms with Crippen LogP contribution >= 0.6 is 0 Å². The minimum atomic E-state index is -4.01. The van der Waals surface area contributed by atoms with Crippen LogP contribution in [0.1, 0.15) is 24.8 Å². The molecular formula is C22H26N6O7S. The van der Waals surface area contributed by atoms with E-state index in [0.29, 0.717) is 57.8 Å². The Kier molecular flexibility index (Phi) is 7.76. The van der Waals surface area contributed by atoms with Crippen molar-refractivity contribution in [1.82, 2.24) is 4.31 Å². The minimum Gasteiger partial charge on any atom is -0.378 e. The van der Waals surface area contributed by atoms with Gasteiger partial charge in [0.05, 0.1) is 35.0 Å². The van der Waals surface area contributed by atoms with E-state index < -0.39 is 19.9 Å². The second-order valence-electron chi connectivity index (χ2n) is 8.37. The number of morpholine rings is 1. The lowest BCUT2D eigenvalue weighted by Crippen LogP contribution is -2.36. The molecule has 0 aromatic heterocycles. The van der Waals surface area contributed by atoms with Gasteiger partial charge in [0, 0.05) is 61.7 Å². The van der Waals surface area contributed by atoms with E-state index in [1.54, 1.807) is 6.07 Å². The maximum Gasteiger partial charge on any atom is 0.270 e. The van der Waals surface area contributed by atoms with Gasteiger partial charge in [-0.1, -0.05) is 6.42 Å². The van der Waals surface area contributed by atoms with E-state index in [-0.39, 0.29) is 22.0 Å². The normalized spacial score (nSPS) is 17.3. The number of benzene rings is 2. The molecule has 0 atom stereocenters. The summed E-state index contributed by atoms with van der Waals surface area (Å²) >= 11 is 0. The molecule has 0 bridgehead atoms. The van der Waals surface area contributed by atoms with Gasteiger partial charge in [-0.25, -0.2) is 8.42 Å². The Morgan fingerprint density at radius 2 is 1.56 bits per heavy atom. The van der Waals surface area contributed by atoms with Crippen LogP contribution in [0.15, 0.2) is 46.4 Å². The van der Waals surface area contributed by atoms with Gasteiger partial charge >= 0.3 is 0 Å². The van der Waals surface area contributed by atoms with Gasteiger partial charge in [0.2, 0.25) is 10.0 Å². The Bertz CT molecular complexity index is 1270. The van der Waals surface area contributed by atoms with E-state index in [2.05, 4.69) is 10.5 Å². The molecule has 14 heteroatoms. The van der Waals surface area contributed by atoms with Gasteiger partial charge < -0.3 is 9.64 Å². The zero-order chi connectivity index (χ0) is 25.7. The number of piperidine rings is 1. The average molecular weight is 519 g/mol. The molecule has 13 nitrogen and oxygen atoms in total. The number of hydrogen-bond donors (Lipinski definition) is 1. The zero-order valence-electron chi connectivity index (χ0n) is 19.4. The fourth-order valence-corrected chi connectivity index (χ4v) is 5.88. The van der Waals surface area contributed by atoms with Crippen LogP contribution in [-0.4, -0.2) is 68.2 Å². The second kappa shape index (κ2) is 11.0. The quantitative estimate of drug-likeness (QED) is 0.315. The molecule has 36 heavy (non-hydrogen) atoms. The van der Waals surface area contributed by atoms with Gasteiger partial charge in [-0.15, -0.1) is 0 Å². The van der Waals surface area contributed by atoms with Crippen LogP contribution in [0.3, 0.4) is 0 Å². The molecular weight excluding hydrogens is 492 g/mol. The Morgan fingerprint density at radius 3 is 2.22 bits per heavy atom. The lowest BCUT2D eigenvalue weighted by molar-refractivity contribution is -0.385. The highest BCUT2D eigenvalue weighted by Crippen LogP contribution is 2.31. The lowest BCUT2D eigenvalue weighted by atomic mass is 10.1. The number of nitro groups is 2. The van der Waals surface area contributed by atoms with Crippen LogP contribution in [0, 0.1) is 20.2 Å². The van der Waals surface area contributed by atoms with Crippen molar-refractivity contribution in [2.75, 3.05) is 49.7 Å². The number of ether oxygens (including phenoxy) is 1. The first kappa shape index (κ1) is 25.5. The highest BCUT2D eigenvalue weighted by molar-refractivity contribution is 7.89. The largest absolute Gasteiger partial charge is 0.378 e. The third-order valence-corrected chi connectivity index (χ3v) is 8.01. The molecule has 2 saturated heterocycles. The number of nitro benzene ring substituents is 2. The Balaban J connectivity index is 1.66. The SMILES string of the molecule is O=[N+]([O-])c1ccc(N2CCOCC2)c(/C=N\Nc2ccc([N+](=O)[O-])cc2S(=O)(=O)N2CCCCC2)c1. The van der Waals surface area contributed by atoms with Crippen molar-refractivity contribution in [3.8, 4) is 0 Å². The Morgan fingerprint density at radius 1 is 0.917 bits per heavy atom. The summed E-state index contributed by atoms with van der Waals surface area (Å²) in [5.41, 5.74) is 3.46. The third-order valence-electron chi connectivity index (χ3n) is 6.07. The number of nitrogens with one attached hydrogen (secondary N) is 1. The second-order valence-corrected chi connectivity index (χ2v) is 10.3. The topological polar surface area (TPSA) is 161 Å². The lowest BCUT2D eigenvalue weighted by Gasteiger charge is -2.29. The first-order chi connectivity index (χ1) is 17.3. The third kappa shape index (κ3) is 5.61. The monoisotopic (exact) mass is 518 g/mol. The number of anilines is 2. The maximum absolute atomic E-state index is 13.3. The molecule has 192 valence electrons. The van der Waals surface area contributed by atoms with E-state index in [9.17, 15) is 28.6 Å². The average Bonchev–Trinajstić information content (AvgIpc) is 2.89. The van der Waals surface area contributed by atoms with E-state index in [1.807, 2.05) is 4.90 Å². The molecule has 2 aromatic carbocycles. The van der Waals surface area contributed by atoms with Crippen molar-refractivity contribution in [2.45, 2.75) is 24.2 Å². The van der Waals surface area contributed by atoms with Gasteiger partial charge in [-0.2, -0.15) is 9.41 Å². The molecule has 4 rings (SSSR count). The molecule has 2 fully saturated rings. The van der Waals surface area contributed by atoms with Gasteiger partial charge in [0.15, 0.2) is 0 Å². The molecule has 0 amide bonds. The predicted molar refractivity (Wildman–Crippen MR) is 133 cm³/mol. The first-order valence-electron chi connectivity index (χ1n) is 11.5. The number of non-ortho nitro benzene ring substituents is 2. The van der Waals surface area contributed by atoms with Crippen LogP contribution in [0.25, 0.3) is 0 Å². The highest BCUT2D eigenvalue weighted by atomic mass is 32.2. The summed E-state index contributed by atoms with van der Waals surface area (Å²) < 4.78 is 33.3. The highest BCUT2D eigenvalue weighted by Gasteiger charge is 2.30. The summed E-state index contributed by atoms with van der Waals surface area (Å²) in [6.07, 6.45) is 3.72. The zero-order valence-corrected chi connectivity index (χ0v) is 20.2. The summed E-state index contributed by atoms with van der Waals surface area (Å²) in [5, 5.41) is 26.8. The molecule has 2 aliphatic heterocycles. The van der Waals surface area contributed by atoms with Crippen molar-refractivity contribution < 1.29 is 23.0 Å². The van der Waals surface area contributed by atoms with Crippen molar-refractivity contribution >= 4 is 39.0 Å². The molecule has 0 spiro atoms. The smallest absolute Gasteiger partial charge is 0.270 e. The van der Waals surface area contributed by atoms with Crippen molar-refractivity contribution in [2.24, 2.45) is 5.10 Å². The summed E-state index contributed by atoms with van der Waals surface area (Å²) in [6, 6.07) is 7.95. The van der Waals surface area contributed by atoms with Gasteiger partial charge in [0.25, 0.3) is 11.4 Å². The van der Waals surface area contributed by atoms with Gasteiger partial charge in [0.1, 0.15) is 4.90 Å². The molecule has 0 unspecified atom stereocenters. The molecule has 0 saturated carbocycles. The van der Waals surface area contributed by atoms with Crippen LogP contribution in [0.4, 0.5) is 22.7 Å². The fourth-order valence-electron chi connectivity index (χ4n) is 4.20. The van der Waals surface area contributed by atoms with Crippen LogP contribution < -0.4 is 10.3 Å². The van der Waals surface area contributed by atoms with Crippen LogP contribution in [0.2, 0.25) is 0 Å². The summed E-state index contributed by atoms with van der Waals surface area (Å²) in [5.74, 6) is 0. The molecule has 1 N–H and O–H groups in total. The van der Waals surface area contributed by atoms with E-state index in [1.165, 1.54) is 34.8 Å². The van der Waals surface area contributed by atoms with Crippen molar-refractivity contribution in [1.29, 1.82) is 0 Å². The van der Waals surface area contributed by atoms with Crippen LogP contribution in [0.5, 0.6) is 0 Å². The van der Waals surface area contributed by atoms with E-state index in [0.717, 1.165) is 18.2 Å². The fraction of sp³-hybridized carbons (Fsp3) is 0.409. The Hall–Kier alpha value is -3.62. The number of nitrogens with zero attached hydrogens (tertiary/aromatic N) is 5. The summed E-state index contributed by atoms with van der Waals surface area (Å²) in [4.78, 5) is 23.2. The molecule has 2 aliphatic rings. The number of hydrogen-bond acceptors (Lipinski definition) is 10. The first-order valence-corrected chi connectivity index (χ1v) is 12.9. The van der Waals surface area contributed by atoms with Gasteiger partial charge in [-0.05, 0) is 25.0 Å². The van der Waals surface area contributed by atoms with Crippen molar-refractivity contribution in [3.05, 3.63) is 62.2 Å². The molecule has 2 heterocycles. The molecule has 0 aliphatic carbocycles. The minimum absolute atomic E-state index is 0.0702. The van der Waals surface area contributed by atoms with Gasteiger partial charge in [-0.3, -0.25) is 25.7 Å².